The Balaban J connectivity index is 2.24. The van der Waals surface area contributed by atoms with Crippen LogP contribution < -0.4 is 5.32 Å². The van der Waals surface area contributed by atoms with Crippen LogP contribution in [0.1, 0.15) is 10.4 Å². The first-order valence-electron chi connectivity index (χ1n) is 5.42. The number of hydrogen-bond donors (Lipinski definition) is 2. The van der Waals surface area contributed by atoms with Gasteiger partial charge in [-0.15, -0.1) is 0 Å². The van der Waals surface area contributed by atoms with Crippen molar-refractivity contribution >= 4 is 17.3 Å². The molecule has 0 radical (unpaired) electrons. The number of benzene rings is 1. The minimum atomic E-state index is -1.31. The van der Waals surface area contributed by atoms with Crippen molar-refractivity contribution in [3.63, 3.8) is 0 Å². The second kappa shape index (κ2) is 5.01. The monoisotopic (exact) mass is 252 g/mol. The number of nitrogens with zero attached hydrogens (tertiary/aromatic N) is 1. The molecule has 1 aromatic rings. The molecular formula is C11H12N2O5. The summed E-state index contributed by atoms with van der Waals surface area (Å²) in [5.74, 6) is -0.990. The maximum Gasteiger partial charge on any atom is 0.342 e. The second-order valence-electron chi connectivity index (χ2n) is 4.05. The summed E-state index contributed by atoms with van der Waals surface area (Å²) in [5.41, 5.74) is -0.480. The molecule has 0 bridgehead atoms. The molecule has 0 unspecified atom stereocenters. The minimum Gasteiger partial charge on any atom is -0.477 e. The Kier molecular flexibility index (Phi) is 3.42. The van der Waals surface area contributed by atoms with E-state index in [0.29, 0.717) is 25.7 Å². The third-order valence-corrected chi connectivity index (χ3v) is 2.74. The molecule has 7 heteroatoms. The molecule has 1 aliphatic heterocycles. The van der Waals surface area contributed by atoms with Gasteiger partial charge in [0.15, 0.2) is 0 Å². The Morgan fingerprint density at radius 1 is 1.56 bits per heavy atom. The largest absolute Gasteiger partial charge is 0.477 e. The van der Waals surface area contributed by atoms with Gasteiger partial charge in [0.25, 0.3) is 0 Å². The van der Waals surface area contributed by atoms with Crippen LogP contribution >= 0.6 is 0 Å². The number of ether oxygens (including phenoxy) is 1. The van der Waals surface area contributed by atoms with Gasteiger partial charge in [0, 0.05) is 12.5 Å². The summed E-state index contributed by atoms with van der Waals surface area (Å²) >= 11 is 0. The lowest BCUT2D eigenvalue weighted by Gasteiger charge is -2.26. The van der Waals surface area contributed by atoms with E-state index >= 15 is 0 Å². The van der Waals surface area contributed by atoms with E-state index < -0.39 is 16.6 Å². The van der Waals surface area contributed by atoms with E-state index in [9.17, 15) is 14.9 Å². The van der Waals surface area contributed by atoms with Crippen LogP contribution in [0.5, 0.6) is 0 Å². The molecule has 0 aromatic heterocycles. The zero-order chi connectivity index (χ0) is 13.1. The van der Waals surface area contributed by atoms with Crippen molar-refractivity contribution in [2.24, 2.45) is 5.92 Å². The molecule has 1 heterocycles. The van der Waals surface area contributed by atoms with Crippen LogP contribution in [0.25, 0.3) is 0 Å². The highest BCUT2D eigenvalue weighted by molar-refractivity contribution is 5.95. The molecule has 1 saturated heterocycles. The summed E-state index contributed by atoms with van der Waals surface area (Å²) in [6.07, 6.45) is 0. The smallest absolute Gasteiger partial charge is 0.342 e. The van der Waals surface area contributed by atoms with Gasteiger partial charge in [-0.2, -0.15) is 0 Å². The fourth-order valence-corrected chi connectivity index (χ4v) is 1.71. The summed E-state index contributed by atoms with van der Waals surface area (Å²) in [5, 5.41) is 22.8. The van der Waals surface area contributed by atoms with Gasteiger partial charge >= 0.3 is 11.7 Å². The predicted molar refractivity (Wildman–Crippen MR) is 62.9 cm³/mol. The van der Waals surface area contributed by atoms with E-state index in [1.54, 1.807) is 0 Å². The molecule has 1 fully saturated rings. The van der Waals surface area contributed by atoms with Crippen molar-refractivity contribution in [3.05, 3.63) is 33.9 Å². The van der Waals surface area contributed by atoms with E-state index in [0.717, 1.165) is 0 Å². The number of carboxylic acid groups (broad SMARTS) is 1. The lowest BCUT2D eigenvalue weighted by molar-refractivity contribution is -0.384. The van der Waals surface area contributed by atoms with Gasteiger partial charge in [0.05, 0.1) is 18.1 Å². The average molecular weight is 252 g/mol. The number of aromatic carboxylic acids is 1. The van der Waals surface area contributed by atoms with E-state index in [1.807, 2.05) is 0 Å². The molecule has 0 saturated carbocycles. The van der Waals surface area contributed by atoms with Crippen molar-refractivity contribution in [1.82, 2.24) is 0 Å². The minimum absolute atomic E-state index is 0.229. The molecule has 7 nitrogen and oxygen atoms in total. The lowest BCUT2D eigenvalue weighted by atomic mass is 10.1. The van der Waals surface area contributed by atoms with Gasteiger partial charge in [-0.05, 0) is 12.1 Å². The van der Waals surface area contributed by atoms with Crippen LogP contribution in [-0.2, 0) is 4.74 Å². The fraction of sp³-hybridized carbons (Fsp3) is 0.364. The van der Waals surface area contributed by atoms with Crippen molar-refractivity contribution in [1.29, 1.82) is 0 Å². The Labute approximate surface area is 103 Å². The first kappa shape index (κ1) is 12.3. The first-order valence-corrected chi connectivity index (χ1v) is 5.42. The summed E-state index contributed by atoms with van der Waals surface area (Å²) in [4.78, 5) is 21.2. The van der Waals surface area contributed by atoms with E-state index in [2.05, 4.69) is 5.32 Å². The normalized spacial score (nSPS) is 14.9. The molecule has 1 aromatic carbocycles. The van der Waals surface area contributed by atoms with Crippen molar-refractivity contribution in [2.45, 2.75) is 0 Å². The van der Waals surface area contributed by atoms with Crippen LogP contribution in [0.3, 0.4) is 0 Å². The zero-order valence-corrected chi connectivity index (χ0v) is 9.46. The van der Waals surface area contributed by atoms with Crippen LogP contribution in [0, 0.1) is 16.0 Å². The van der Waals surface area contributed by atoms with Gasteiger partial charge in [-0.1, -0.05) is 6.07 Å². The van der Waals surface area contributed by atoms with E-state index in [1.165, 1.54) is 18.2 Å². The van der Waals surface area contributed by atoms with Gasteiger partial charge in [-0.3, -0.25) is 10.1 Å². The van der Waals surface area contributed by atoms with Crippen LogP contribution in [0.2, 0.25) is 0 Å². The predicted octanol–water partition coefficient (Wildman–Crippen LogP) is 1.35. The number of anilines is 1. The number of para-hydroxylation sites is 1. The fourth-order valence-electron chi connectivity index (χ4n) is 1.71. The number of carboxylic acids is 1. The molecule has 1 aliphatic rings. The highest BCUT2D eigenvalue weighted by Crippen LogP contribution is 2.29. The molecule has 0 spiro atoms. The lowest BCUT2D eigenvalue weighted by Crippen LogP contribution is -2.33. The number of rotatable bonds is 5. The van der Waals surface area contributed by atoms with Crippen molar-refractivity contribution < 1.29 is 19.6 Å². The number of carbonyl (C=O) groups is 1. The summed E-state index contributed by atoms with van der Waals surface area (Å²) in [6, 6.07) is 4.21. The number of nitro groups is 1. The third-order valence-electron chi connectivity index (χ3n) is 2.74. The second-order valence-corrected chi connectivity index (χ2v) is 4.05. The van der Waals surface area contributed by atoms with Crippen LogP contribution in [0.4, 0.5) is 11.4 Å². The Morgan fingerprint density at radius 3 is 2.78 bits per heavy atom. The Hall–Kier alpha value is -2.15. The highest BCUT2D eigenvalue weighted by Gasteiger charge is 2.25. The van der Waals surface area contributed by atoms with E-state index in [-0.39, 0.29) is 11.3 Å². The quantitative estimate of drug-likeness (QED) is 0.605. The molecule has 0 atom stereocenters. The van der Waals surface area contributed by atoms with Gasteiger partial charge < -0.3 is 15.2 Å². The molecule has 2 N–H and O–H groups in total. The molecule has 0 aliphatic carbocycles. The van der Waals surface area contributed by atoms with E-state index in [4.69, 9.17) is 9.84 Å². The summed E-state index contributed by atoms with van der Waals surface area (Å²) in [6.45, 7) is 1.78. The maximum atomic E-state index is 11.0. The van der Waals surface area contributed by atoms with Gasteiger partial charge in [0.2, 0.25) is 0 Å². The molecule has 96 valence electrons. The first-order chi connectivity index (χ1) is 8.59. The maximum absolute atomic E-state index is 11.0. The van der Waals surface area contributed by atoms with Gasteiger partial charge in [0.1, 0.15) is 11.3 Å². The molecule has 0 amide bonds. The standard InChI is InChI=1S/C11H12N2O5/c14-11(15)8-2-1-3-9(10(8)13(16)17)12-4-7-5-18-6-7/h1-3,7,12H,4-6H2,(H,14,15). The molecular weight excluding hydrogens is 240 g/mol. The average Bonchev–Trinajstić information content (AvgIpc) is 2.26. The summed E-state index contributed by atoms with van der Waals surface area (Å²) in [7, 11) is 0. The SMILES string of the molecule is O=C(O)c1cccc(NCC2COC2)c1[N+](=O)[O-]. The van der Waals surface area contributed by atoms with Crippen LogP contribution in [0.15, 0.2) is 18.2 Å². The summed E-state index contributed by atoms with van der Waals surface area (Å²) < 4.78 is 4.99. The zero-order valence-electron chi connectivity index (χ0n) is 9.46. The highest BCUT2D eigenvalue weighted by atomic mass is 16.6. The Bertz CT molecular complexity index is 484. The molecule has 18 heavy (non-hydrogen) atoms. The molecule has 2 rings (SSSR count). The van der Waals surface area contributed by atoms with Crippen LogP contribution in [-0.4, -0.2) is 35.8 Å². The number of nitro benzene ring substituents is 1. The topological polar surface area (TPSA) is 102 Å². The van der Waals surface area contributed by atoms with Crippen molar-refractivity contribution in [3.8, 4) is 0 Å². The number of hydrogen-bond acceptors (Lipinski definition) is 5. The van der Waals surface area contributed by atoms with Gasteiger partial charge in [-0.25, -0.2) is 4.79 Å². The third kappa shape index (κ3) is 2.40. The van der Waals surface area contributed by atoms with Crippen molar-refractivity contribution in [2.75, 3.05) is 25.1 Å². The number of nitrogens with one attached hydrogen (secondary N) is 1. The Morgan fingerprint density at radius 2 is 2.28 bits per heavy atom.